The van der Waals surface area contributed by atoms with Gasteiger partial charge in [0.05, 0.1) is 49.4 Å². The van der Waals surface area contributed by atoms with Crippen molar-refractivity contribution in [1.82, 2.24) is 9.97 Å². The Morgan fingerprint density at radius 1 is 1.07 bits per heavy atom. The predicted octanol–water partition coefficient (Wildman–Crippen LogP) is 2.55. The number of methoxy groups -OCH3 is 2. The molecule has 3 amide bonds. The molecule has 2 aromatic rings. The Bertz CT molecular complexity index is 990. The van der Waals surface area contributed by atoms with Crippen molar-refractivity contribution in [3.63, 3.8) is 0 Å². The number of halogens is 1. The fourth-order valence-corrected chi connectivity index (χ4v) is 2.38. The normalized spacial score (nSPS) is 9.80. The largest absolute Gasteiger partial charge is 0.494 e. The van der Waals surface area contributed by atoms with E-state index in [4.69, 9.17) is 21.6 Å². The van der Waals surface area contributed by atoms with Crippen molar-refractivity contribution >= 4 is 46.7 Å². The van der Waals surface area contributed by atoms with Gasteiger partial charge in [0.1, 0.15) is 11.8 Å². The molecule has 3 N–H and O–H groups in total. The lowest BCUT2D eigenvalue weighted by atomic mass is 10.2. The van der Waals surface area contributed by atoms with Gasteiger partial charge in [0.25, 0.3) is 0 Å². The number of nitrogens with one attached hydrogen (secondary N) is 3. The van der Waals surface area contributed by atoms with Gasteiger partial charge in [-0.2, -0.15) is 5.26 Å². The zero-order valence-corrected chi connectivity index (χ0v) is 16.7. The summed E-state index contributed by atoms with van der Waals surface area (Å²) in [6, 6.07) is 3.98. The number of aromatic nitrogens is 2. The Hall–Kier alpha value is -3.91. The van der Waals surface area contributed by atoms with Crippen molar-refractivity contribution in [1.29, 1.82) is 5.26 Å². The van der Waals surface area contributed by atoms with Crippen LogP contribution in [0.5, 0.6) is 5.75 Å². The highest BCUT2D eigenvalue weighted by molar-refractivity contribution is 6.34. The highest BCUT2D eigenvalue weighted by atomic mass is 35.5. The monoisotopic (exact) mass is 432 g/mol. The molecule has 0 spiro atoms. The number of carbonyl (C=O) groups is 3. The van der Waals surface area contributed by atoms with Crippen molar-refractivity contribution in [2.45, 2.75) is 12.8 Å². The minimum Gasteiger partial charge on any atom is -0.494 e. The van der Waals surface area contributed by atoms with E-state index in [1.54, 1.807) is 0 Å². The molecule has 0 unspecified atom stereocenters. The number of hydrogen-bond donors (Lipinski definition) is 3. The van der Waals surface area contributed by atoms with E-state index in [1.807, 2.05) is 6.07 Å². The lowest BCUT2D eigenvalue weighted by molar-refractivity contribution is -0.141. The maximum atomic E-state index is 12.2. The molecule has 0 aliphatic rings. The number of benzene rings is 1. The Morgan fingerprint density at radius 2 is 1.83 bits per heavy atom. The molecule has 0 radical (unpaired) electrons. The third-order valence-corrected chi connectivity index (χ3v) is 3.92. The van der Waals surface area contributed by atoms with E-state index in [0.29, 0.717) is 0 Å². The molecule has 30 heavy (non-hydrogen) atoms. The van der Waals surface area contributed by atoms with Gasteiger partial charge in [-0.1, -0.05) is 11.6 Å². The Balaban J connectivity index is 2.06. The van der Waals surface area contributed by atoms with Gasteiger partial charge < -0.3 is 20.1 Å². The van der Waals surface area contributed by atoms with E-state index in [0.717, 1.165) is 0 Å². The van der Waals surface area contributed by atoms with Crippen molar-refractivity contribution in [2.24, 2.45) is 0 Å². The minimum atomic E-state index is -0.654. The third-order valence-electron chi connectivity index (χ3n) is 3.60. The van der Waals surface area contributed by atoms with Crippen molar-refractivity contribution < 1.29 is 23.9 Å². The first-order valence-corrected chi connectivity index (χ1v) is 8.78. The molecule has 0 saturated heterocycles. The lowest BCUT2D eigenvalue weighted by Crippen LogP contribution is -2.21. The van der Waals surface area contributed by atoms with E-state index >= 15 is 0 Å². The smallest absolute Gasteiger partial charge is 0.325 e. The zero-order valence-electron chi connectivity index (χ0n) is 16.0. The Labute approximate surface area is 176 Å². The Kier molecular flexibility index (Phi) is 7.90. The standard InChI is InChI=1S/C18H17ClN6O5/c1-29-14-6-12(23-16(26)3-4-17(27)30-2)11(19)5-13(14)24-18(28)25-15-9-21-10(7-20)8-22-15/h5-6,8-9H,3-4H2,1-2H3,(H,23,26)(H2,22,24,25,28). The molecule has 0 atom stereocenters. The minimum absolute atomic E-state index is 0.0743. The molecule has 156 valence electrons. The molecule has 1 aromatic heterocycles. The van der Waals surface area contributed by atoms with Gasteiger partial charge >= 0.3 is 12.0 Å². The van der Waals surface area contributed by atoms with Gasteiger partial charge in [0, 0.05) is 12.5 Å². The summed E-state index contributed by atoms with van der Waals surface area (Å²) < 4.78 is 9.71. The molecule has 0 aliphatic carbocycles. The number of hydrogen-bond acceptors (Lipinski definition) is 8. The molecule has 1 heterocycles. The number of nitrogens with zero attached hydrogens (tertiary/aromatic N) is 3. The second-order valence-corrected chi connectivity index (χ2v) is 6.04. The lowest BCUT2D eigenvalue weighted by Gasteiger charge is -2.14. The molecule has 1 aromatic carbocycles. The summed E-state index contributed by atoms with van der Waals surface area (Å²) in [7, 11) is 2.61. The summed E-state index contributed by atoms with van der Waals surface area (Å²) in [6.07, 6.45) is 2.29. The molecular weight excluding hydrogens is 416 g/mol. The number of esters is 1. The first kappa shape index (κ1) is 22.4. The van der Waals surface area contributed by atoms with E-state index in [2.05, 4.69) is 30.7 Å². The van der Waals surface area contributed by atoms with Crippen LogP contribution >= 0.6 is 11.6 Å². The summed E-state index contributed by atoms with van der Waals surface area (Å²) >= 11 is 6.18. The van der Waals surface area contributed by atoms with Crippen molar-refractivity contribution in [2.75, 3.05) is 30.2 Å². The second kappa shape index (κ2) is 10.6. The fraction of sp³-hybridized carbons (Fsp3) is 0.222. The molecule has 2 rings (SSSR count). The predicted molar refractivity (Wildman–Crippen MR) is 107 cm³/mol. The fourth-order valence-electron chi connectivity index (χ4n) is 2.17. The molecule has 0 aliphatic heterocycles. The number of nitriles is 1. The molecule has 0 fully saturated rings. The van der Waals surface area contributed by atoms with Crippen LogP contribution in [0.2, 0.25) is 5.02 Å². The summed E-state index contributed by atoms with van der Waals surface area (Å²) in [4.78, 5) is 43.0. The van der Waals surface area contributed by atoms with Gasteiger partial charge in [-0.05, 0) is 6.07 Å². The van der Waals surface area contributed by atoms with Crippen LogP contribution < -0.4 is 20.7 Å². The molecule has 12 heteroatoms. The number of carbonyl (C=O) groups excluding carboxylic acids is 3. The van der Waals surface area contributed by atoms with E-state index in [1.165, 1.54) is 38.7 Å². The molecule has 11 nitrogen and oxygen atoms in total. The number of anilines is 3. The maximum absolute atomic E-state index is 12.2. The number of amides is 3. The number of urea groups is 1. The van der Waals surface area contributed by atoms with Gasteiger partial charge in [0.2, 0.25) is 5.91 Å². The van der Waals surface area contributed by atoms with Crippen LogP contribution in [-0.4, -0.2) is 42.1 Å². The quantitative estimate of drug-likeness (QED) is 0.563. The SMILES string of the molecule is COC(=O)CCC(=O)Nc1cc(OC)c(NC(=O)Nc2cnc(C#N)cn2)cc1Cl. The first-order valence-electron chi connectivity index (χ1n) is 8.40. The van der Waals surface area contributed by atoms with Crippen molar-refractivity contribution in [3.05, 3.63) is 35.2 Å². The maximum Gasteiger partial charge on any atom is 0.325 e. The molecular formula is C18H17ClN6O5. The number of rotatable bonds is 7. The highest BCUT2D eigenvalue weighted by Gasteiger charge is 2.15. The van der Waals surface area contributed by atoms with Crippen LogP contribution in [0, 0.1) is 11.3 Å². The van der Waals surface area contributed by atoms with Gasteiger partial charge in [0.15, 0.2) is 11.5 Å². The summed E-state index contributed by atoms with van der Waals surface area (Å²) in [5, 5.41) is 16.4. The zero-order chi connectivity index (χ0) is 22.1. The highest BCUT2D eigenvalue weighted by Crippen LogP contribution is 2.34. The van der Waals surface area contributed by atoms with E-state index in [-0.39, 0.29) is 46.5 Å². The average molecular weight is 433 g/mol. The number of ether oxygens (including phenoxy) is 2. The van der Waals surface area contributed by atoms with E-state index < -0.39 is 17.9 Å². The second-order valence-electron chi connectivity index (χ2n) is 5.63. The van der Waals surface area contributed by atoms with Gasteiger partial charge in [-0.3, -0.25) is 14.9 Å². The third kappa shape index (κ3) is 6.32. The summed E-state index contributed by atoms with van der Waals surface area (Å²) in [5.74, 6) is -0.594. The van der Waals surface area contributed by atoms with Crippen LogP contribution in [0.15, 0.2) is 24.5 Å². The van der Waals surface area contributed by atoms with Crippen LogP contribution in [0.25, 0.3) is 0 Å². The van der Waals surface area contributed by atoms with Crippen LogP contribution in [0.3, 0.4) is 0 Å². The van der Waals surface area contributed by atoms with Crippen LogP contribution in [0.4, 0.5) is 22.0 Å². The van der Waals surface area contributed by atoms with Crippen molar-refractivity contribution in [3.8, 4) is 11.8 Å². The topological polar surface area (TPSA) is 155 Å². The summed E-state index contributed by atoms with van der Waals surface area (Å²) in [5.41, 5.74) is 0.583. The first-order chi connectivity index (χ1) is 14.4. The summed E-state index contributed by atoms with van der Waals surface area (Å²) in [6.45, 7) is 0. The van der Waals surface area contributed by atoms with Crippen LogP contribution in [0.1, 0.15) is 18.5 Å². The van der Waals surface area contributed by atoms with E-state index in [9.17, 15) is 14.4 Å². The average Bonchev–Trinajstić information content (AvgIpc) is 2.74. The molecule has 0 saturated carbocycles. The van der Waals surface area contributed by atoms with Gasteiger partial charge in [-0.25, -0.2) is 14.8 Å². The van der Waals surface area contributed by atoms with Gasteiger partial charge in [-0.15, -0.1) is 0 Å². The van der Waals surface area contributed by atoms with Crippen LogP contribution in [-0.2, 0) is 14.3 Å². The Morgan fingerprint density at radius 3 is 2.43 bits per heavy atom. The molecule has 0 bridgehead atoms.